The van der Waals surface area contributed by atoms with Gasteiger partial charge in [0, 0.05) is 18.2 Å². The number of halogens is 3. The quantitative estimate of drug-likeness (QED) is 0.651. The Morgan fingerprint density at radius 2 is 2.37 bits per heavy atom. The molecule has 4 rings (SSSR count). The van der Waals surface area contributed by atoms with Gasteiger partial charge in [-0.2, -0.15) is 0 Å². The van der Waals surface area contributed by atoms with Crippen LogP contribution < -0.4 is 9.84 Å². The number of carbonyl (C=O) groups is 1. The van der Waals surface area contributed by atoms with Gasteiger partial charge >= 0.3 is 7.82 Å². The second-order valence-corrected chi connectivity index (χ2v) is 8.32. The van der Waals surface area contributed by atoms with Crippen LogP contribution in [0.25, 0.3) is 0 Å². The van der Waals surface area contributed by atoms with Crippen LogP contribution >= 0.6 is 19.4 Å². The fourth-order valence-electron chi connectivity index (χ4n) is 2.80. The van der Waals surface area contributed by atoms with Crippen molar-refractivity contribution < 1.29 is 45.7 Å². The first-order chi connectivity index (χ1) is 15.2. The van der Waals surface area contributed by atoms with Crippen molar-refractivity contribution in [1.29, 1.82) is 0 Å². The molecule has 30 heavy (non-hydrogen) atoms. The fourth-order valence-corrected chi connectivity index (χ4v) is 4.05. The van der Waals surface area contributed by atoms with E-state index in [0.717, 1.165) is 24.4 Å². The van der Waals surface area contributed by atoms with Gasteiger partial charge in [0.25, 0.3) is 5.91 Å². The summed E-state index contributed by atoms with van der Waals surface area (Å²) in [6.45, 7) is -0.602. The number of aliphatic hydroxyl groups excluding tert-OH is 1. The molecule has 0 aliphatic carbocycles. The summed E-state index contributed by atoms with van der Waals surface area (Å²) in [5.41, 5.74) is 0.160. The molecule has 2 N–H and O–H groups in total. The number of ether oxygens (including phenoxy) is 1. The van der Waals surface area contributed by atoms with Gasteiger partial charge in [-0.15, -0.1) is 0 Å². The van der Waals surface area contributed by atoms with Gasteiger partial charge in [-0.3, -0.25) is 13.8 Å². The van der Waals surface area contributed by atoms with Crippen LogP contribution in [-0.2, 0) is 29.8 Å². The lowest BCUT2D eigenvalue weighted by atomic mass is 10.1. The molecular weight excluding hydrogens is 449 g/mol. The predicted octanol–water partition coefficient (Wildman–Crippen LogP) is 2.62. The molecule has 3 aliphatic heterocycles. The Kier molecular flexibility index (Phi) is 4.47. The van der Waals surface area contributed by atoms with Crippen LogP contribution in [0.1, 0.15) is 16.1 Å². The van der Waals surface area contributed by atoms with Gasteiger partial charge in [-0.25, -0.2) is 13.3 Å². The fraction of sp³-hybridized carbons (Fsp3) is 0.353. The minimum atomic E-state index is -4.78. The maximum Gasteiger partial charge on any atom is 0.530 e. The summed E-state index contributed by atoms with van der Waals surface area (Å²) in [7, 11) is -4.78. The van der Waals surface area contributed by atoms with E-state index in [4.69, 9.17) is 34.0 Å². The number of aliphatic hydroxyl groups is 1. The van der Waals surface area contributed by atoms with E-state index < -0.39 is 62.3 Å². The number of nitrogens with one attached hydrogen (secondary N) is 1. The number of nitrogens with zero attached hydrogens (tertiary/aromatic N) is 1. The molecule has 0 radical (unpaired) electrons. The summed E-state index contributed by atoms with van der Waals surface area (Å²) in [5.74, 6) is -5.38. The minimum Gasteiger partial charge on any atom is -0.404 e. The Hall–Kier alpha value is -2.01. The Labute approximate surface area is 178 Å². The molecule has 13 heteroatoms. The van der Waals surface area contributed by atoms with Crippen molar-refractivity contribution in [3.05, 3.63) is 53.2 Å². The molecule has 1 fully saturated rings. The number of alkyl halides is 1. The van der Waals surface area contributed by atoms with Crippen LogP contribution in [0.2, 0.25) is 0 Å². The van der Waals surface area contributed by atoms with Gasteiger partial charge in [0.05, 0.1) is 10.7 Å². The van der Waals surface area contributed by atoms with Crippen molar-refractivity contribution in [2.45, 2.75) is 31.2 Å². The number of rotatable bonds is 4. The van der Waals surface area contributed by atoms with Crippen LogP contribution in [0.5, 0.6) is 5.75 Å². The summed E-state index contributed by atoms with van der Waals surface area (Å²) in [6, 6.07) is 3.15. The normalized spacial score (nSPS) is 38.0. The van der Waals surface area contributed by atoms with E-state index in [1.54, 1.807) is 0 Å². The van der Waals surface area contributed by atoms with Gasteiger partial charge in [0.2, 0.25) is 5.85 Å². The SMILES string of the molecule is [2H]C([2H])(OP1(=O)OCc2cc(F)ccc2O1)[C@]1(F)C[C@@H](O)[C@]([2H])(N2C=C(Cl)C(=O)NC2=C)O1. The zero-order chi connectivity index (χ0) is 24.4. The molecule has 1 aromatic carbocycles. The standard InChI is InChI=1S/C17H16ClF2N2O7P/c1-9-21-15(24)12(18)6-22(9)16-13(23)5-17(20,28-16)8-27-30(25)26-7-10-4-11(19)2-3-14(10)29-30/h2-4,6,13,16,23H,1,5,7-8H2,(H,21,24)/t13-,16-,17+,30?/m1/s1/i8D2,16D. The van der Waals surface area contributed by atoms with Crippen LogP contribution in [0.3, 0.4) is 0 Å². The van der Waals surface area contributed by atoms with Crippen molar-refractivity contribution >= 4 is 25.3 Å². The molecule has 0 aromatic heterocycles. The third kappa shape index (κ3) is 4.09. The van der Waals surface area contributed by atoms with E-state index in [1.807, 2.05) is 0 Å². The summed E-state index contributed by atoms with van der Waals surface area (Å²) < 4.78 is 85.9. The molecule has 1 saturated heterocycles. The lowest BCUT2D eigenvalue weighted by molar-refractivity contribution is -0.184. The average Bonchev–Trinajstić information content (AvgIpc) is 2.95. The molecule has 0 saturated carbocycles. The molecule has 1 amide bonds. The molecular formula is C17H16ClF2N2O7P. The van der Waals surface area contributed by atoms with E-state index in [2.05, 4.69) is 11.9 Å². The Morgan fingerprint density at radius 1 is 1.60 bits per heavy atom. The Balaban J connectivity index is 1.58. The number of fused-ring (bicyclic) bond motifs is 1. The highest BCUT2D eigenvalue weighted by Crippen LogP contribution is 2.55. The van der Waals surface area contributed by atoms with Crippen LogP contribution in [0, 0.1) is 5.82 Å². The van der Waals surface area contributed by atoms with Gasteiger partial charge < -0.3 is 24.6 Å². The van der Waals surface area contributed by atoms with E-state index in [9.17, 15) is 18.9 Å². The van der Waals surface area contributed by atoms with Crippen LogP contribution in [-0.4, -0.2) is 40.6 Å². The monoisotopic (exact) mass is 467 g/mol. The van der Waals surface area contributed by atoms with Gasteiger partial charge in [0.15, 0.2) is 6.20 Å². The van der Waals surface area contributed by atoms with E-state index in [0.29, 0.717) is 4.90 Å². The summed E-state index contributed by atoms with van der Waals surface area (Å²) in [6.07, 6.45) is -5.07. The van der Waals surface area contributed by atoms with E-state index in [1.165, 1.54) is 0 Å². The largest absolute Gasteiger partial charge is 0.530 e. The highest BCUT2D eigenvalue weighted by molar-refractivity contribution is 7.49. The Morgan fingerprint density at radius 3 is 3.13 bits per heavy atom. The van der Waals surface area contributed by atoms with E-state index in [-0.39, 0.29) is 17.1 Å². The number of amides is 1. The maximum absolute atomic E-state index is 15.7. The van der Waals surface area contributed by atoms with Gasteiger partial charge in [0.1, 0.15) is 35.1 Å². The summed E-state index contributed by atoms with van der Waals surface area (Å²) in [4.78, 5) is 12.3. The predicted molar refractivity (Wildman–Crippen MR) is 97.8 cm³/mol. The zero-order valence-corrected chi connectivity index (χ0v) is 16.6. The number of hydrogen-bond donors (Lipinski definition) is 2. The first kappa shape index (κ1) is 17.6. The molecule has 3 aliphatic rings. The lowest BCUT2D eigenvalue weighted by Crippen LogP contribution is -2.46. The number of hydrogen-bond acceptors (Lipinski definition) is 8. The van der Waals surface area contributed by atoms with Crippen molar-refractivity contribution in [2.75, 3.05) is 6.56 Å². The molecule has 3 heterocycles. The second kappa shape index (κ2) is 7.60. The van der Waals surface area contributed by atoms with Crippen molar-refractivity contribution in [3.63, 3.8) is 0 Å². The topological polar surface area (TPSA) is 107 Å². The molecule has 9 nitrogen and oxygen atoms in total. The van der Waals surface area contributed by atoms with Crippen LogP contribution in [0.4, 0.5) is 8.78 Å². The summed E-state index contributed by atoms with van der Waals surface area (Å²) in [5, 5.41) is 12.1. The average molecular weight is 468 g/mol. The van der Waals surface area contributed by atoms with Crippen LogP contribution in [0.15, 0.2) is 41.8 Å². The first-order valence-corrected chi connectivity index (χ1v) is 10.2. The number of phosphoric ester groups is 1. The van der Waals surface area contributed by atoms with Crippen molar-refractivity contribution in [3.8, 4) is 5.75 Å². The molecule has 0 bridgehead atoms. The van der Waals surface area contributed by atoms with Gasteiger partial charge in [-0.1, -0.05) is 18.2 Å². The zero-order valence-electron chi connectivity index (χ0n) is 17.9. The number of carbonyl (C=O) groups excluding carboxylic acids is 1. The number of phosphoric acid groups is 1. The third-order valence-electron chi connectivity index (χ3n) is 4.17. The second-order valence-electron chi connectivity index (χ2n) is 6.39. The molecule has 1 unspecified atom stereocenters. The van der Waals surface area contributed by atoms with E-state index >= 15 is 4.39 Å². The smallest absolute Gasteiger partial charge is 0.404 e. The Bertz CT molecular complexity index is 1130. The summed E-state index contributed by atoms with van der Waals surface area (Å²) >= 11 is 5.73. The van der Waals surface area contributed by atoms with Gasteiger partial charge in [-0.05, 0) is 18.2 Å². The maximum atomic E-state index is 15.7. The highest BCUT2D eigenvalue weighted by atomic mass is 35.5. The molecule has 1 aromatic rings. The third-order valence-corrected chi connectivity index (χ3v) is 5.62. The van der Waals surface area contributed by atoms with Crippen molar-refractivity contribution in [1.82, 2.24) is 10.2 Å². The first-order valence-electron chi connectivity index (χ1n) is 9.85. The number of benzene rings is 1. The molecule has 162 valence electrons. The lowest BCUT2D eigenvalue weighted by Gasteiger charge is -2.33. The minimum absolute atomic E-state index is 0.128. The molecule has 0 spiro atoms. The highest BCUT2D eigenvalue weighted by Gasteiger charge is 2.51. The molecule has 4 atom stereocenters. The van der Waals surface area contributed by atoms with Crippen molar-refractivity contribution in [2.24, 2.45) is 0 Å².